The van der Waals surface area contributed by atoms with Crippen molar-refractivity contribution >= 4 is 11.6 Å². The van der Waals surface area contributed by atoms with Gasteiger partial charge in [-0.25, -0.2) is 0 Å². The first-order chi connectivity index (χ1) is 16.1. The Balaban J connectivity index is 1.29. The maximum Gasteiger partial charge on any atom is 0.230 e. The van der Waals surface area contributed by atoms with E-state index in [0.29, 0.717) is 17.9 Å². The fourth-order valence-electron chi connectivity index (χ4n) is 6.80. The number of hydrogen-bond donors (Lipinski definition) is 0. The lowest BCUT2D eigenvalue weighted by molar-refractivity contribution is -0.124. The van der Waals surface area contributed by atoms with Crippen molar-refractivity contribution in [2.45, 2.75) is 83.6 Å². The van der Waals surface area contributed by atoms with Crippen molar-refractivity contribution in [3.63, 3.8) is 0 Å². The third-order valence-corrected chi connectivity index (χ3v) is 8.56. The van der Waals surface area contributed by atoms with E-state index >= 15 is 0 Å². The molecule has 2 aromatic rings. The van der Waals surface area contributed by atoms with Crippen LogP contribution in [0.2, 0.25) is 0 Å². The average molecular weight is 445 g/mol. The predicted octanol–water partition coefficient (Wildman–Crippen LogP) is 6.41. The van der Waals surface area contributed by atoms with Crippen LogP contribution in [-0.2, 0) is 11.2 Å². The second kappa shape index (κ2) is 10.0. The Bertz CT molecular complexity index is 949. The number of carbonyl (C=O) groups excluding carboxylic acids is 1. The molecule has 3 heteroatoms. The van der Waals surface area contributed by atoms with E-state index < -0.39 is 0 Å². The van der Waals surface area contributed by atoms with Gasteiger partial charge in [-0.05, 0) is 99.7 Å². The molecule has 0 radical (unpaired) electrons. The van der Waals surface area contributed by atoms with E-state index in [-0.39, 0.29) is 5.92 Å². The molecule has 0 N–H and O–H groups in total. The number of nitrogens with zero attached hydrogens (tertiary/aromatic N) is 2. The molecular formula is C30H40N2O. The number of benzene rings is 2. The Labute approximate surface area is 200 Å². The second-order valence-electron chi connectivity index (χ2n) is 10.7. The maximum atomic E-state index is 13.8. The lowest BCUT2D eigenvalue weighted by Gasteiger charge is -2.43. The number of hydrogen-bond acceptors (Lipinski definition) is 2. The van der Waals surface area contributed by atoms with Gasteiger partial charge in [-0.2, -0.15) is 0 Å². The molecule has 0 aromatic heterocycles. The van der Waals surface area contributed by atoms with Crippen LogP contribution in [0.5, 0.6) is 0 Å². The summed E-state index contributed by atoms with van der Waals surface area (Å²) in [4.78, 5) is 18.7. The molecule has 33 heavy (non-hydrogen) atoms. The monoisotopic (exact) mass is 444 g/mol. The van der Waals surface area contributed by atoms with Crippen molar-refractivity contribution in [3.05, 3.63) is 64.7 Å². The Morgan fingerprint density at radius 2 is 1.55 bits per heavy atom. The predicted molar refractivity (Wildman–Crippen MR) is 137 cm³/mol. The first kappa shape index (κ1) is 22.7. The Kier molecular flexibility index (Phi) is 6.87. The van der Waals surface area contributed by atoms with Gasteiger partial charge in [-0.15, -0.1) is 0 Å². The van der Waals surface area contributed by atoms with Gasteiger partial charge >= 0.3 is 0 Å². The van der Waals surface area contributed by atoms with E-state index in [1.165, 1.54) is 54.5 Å². The fraction of sp³-hybridized carbons (Fsp3) is 0.567. The van der Waals surface area contributed by atoms with E-state index in [2.05, 4.69) is 66.1 Å². The second-order valence-corrected chi connectivity index (χ2v) is 10.7. The number of amides is 1. The summed E-state index contributed by atoms with van der Waals surface area (Å²) in [6.45, 7) is 7.84. The molecule has 3 nitrogen and oxygen atoms in total. The molecule has 2 heterocycles. The zero-order valence-corrected chi connectivity index (χ0v) is 20.6. The molecule has 0 spiro atoms. The van der Waals surface area contributed by atoms with E-state index in [4.69, 9.17) is 0 Å². The SMILES string of the molecule is Cc1cccc(C)c1C1CCN(CC2CCc3ccccc3N2C(=O)C2CCCCC2)CC1. The largest absolute Gasteiger partial charge is 0.308 e. The highest BCUT2D eigenvalue weighted by Gasteiger charge is 2.36. The summed E-state index contributed by atoms with van der Waals surface area (Å²) < 4.78 is 0. The molecule has 5 rings (SSSR count). The molecular weight excluding hydrogens is 404 g/mol. The maximum absolute atomic E-state index is 13.8. The third kappa shape index (κ3) is 4.75. The van der Waals surface area contributed by atoms with Gasteiger partial charge in [0.1, 0.15) is 0 Å². The Morgan fingerprint density at radius 3 is 2.27 bits per heavy atom. The summed E-state index contributed by atoms with van der Waals surface area (Å²) in [6, 6.07) is 15.7. The highest BCUT2D eigenvalue weighted by Crippen LogP contribution is 2.37. The Hall–Kier alpha value is -2.13. The lowest BCUT2D eigenvalue weighted by Crippen LogP contribution is -2.52. The first-order valence-electron chi connectivity index (χ1n) is 13.3. The summed E-state index contributed by atoms with van der Waals surface area (Å²) in [5.74, 6) is 1.30. The number of aryl methyl sites for hydroxylation is 3. The number of anilines is 1. The minimum absolute atomic E-state index is 0.224. The number of carbonyl (C=O) groups is 1. The van der Waals surface area contributed by atoms with Crippen LogP contribution in [0.3, 0.4) is 0 Å². The molecule has 3 aliphatic rings. The summed E-state index contributed by atoms with van der Waals surface area (Å²) in [5.41, 5.74) is 7.02. The molecule has 1 saturated carbocycles. The van der Waals surface area contributed by atoms with Gasteiger partial charge in [-0.3, -0.25) is 4.79 Å². The summed E-state index contributed by atoms with van der Waals surface area (Å²) >= 11 is 0. The van der Waals surface area contributed by atoms with E-state index in [0.717, 1.165) is 45.3 Å². The average Bonchev–Trinajstić information content (AvgIpc) is 2.85. The summed E-state index contributed by atoms with van der Waals surface area (Å²) in [7, 11) is 0. The molecule has 1 amide bonds. The summed E-state index contributed by atoms with van der Waals surface area (Å²) in [5, 5.41) is 0. The summed E-state index contributed by atoms with van der Waals surface area (Å²) in [6.07, 6.45) is 10.5. The van der Waals surface area contributed by atoms with Crippen molar-refractivity contribution in [2.24, 2.45) is 5.92 Å². The van der Waals surface area contributed by atoms with Gasteiger partial charge in [0.25, 0.3) is 0 Å². The van der Waals surface area contributed by atoms with Gasteiger partial charge in [0.2, 0.25) is 5.91 Å². The van der Waals surface area contributed by atoms with Crippen molar-refractivity contribution in [3.8, 4) is 0 Å². The quantitative estimate of drug-likeness (QED) is 0.544. The van der Waals surface area contributed by atoms with Gasteiger partial charge in [0, 0.05) is 24.2 Å². The molecule has 0 bridgehead atoms. The van der Waals surface area contributed by atoms with Crippen molar-refractivity contribution in [1.82, 2.24) is 4.90 Å². The Morgan fingerprint density at radius 1 is 0.848 bits per heavy atom. The lowest BCUT2D eigenvalue weighted by atomic mass is 9.83. The number of piperidine rings is 1. The molecule has 2 aliphatic heterocycles. The highest BCUT2D eigenvalue weighted by atomic mass is 16.2. The van der Waals surface area contributed by atoms with Crippen molar-refractivity contribution < 1.29 is 4.79 Å². The van der Waals surface area contributed by atoms with Crippen LogP contribution in [0.25, 0.3) is 0 Å². The van der Waals surface area contributed by atoms with Crippen LogP contribution in [0.15, 0.2) is 42.5 Å². The van der Waals surface area contributed by atoms with Crippen LogP contribution in [0.1, 0.15) is 79.5 Å². The molecule has 1 unspecified atom stereocenters. The minimum Gasteiger partial charge on any atom is -0.308 e. The van der Waals surface area contributed by atoms with E-state index in [1.807, 2.05) is 0 Å². The molecule has 176 valence electrons. The molecule has 1 saturated heterocycles. The fourth-order valence-corrected chi connectivity index (χ4v) is 6.80. The van der Waals surface area contributed by atoms with Crippen LogP contribution >= 0.6 is 0 Å². The molecule has 1 atom stereocenters. The van der Waals surface area contributed by atoms with Crippen molar-refractivity contribution in [2.75, 3.05) is 24.5 Å². The van der Waals surface area contributed by atoms with Gasteiger partial charge in [0.15, 0.2) is 0 Å². The zero-order valence-electron chi connectivity index (χ0n) is 20.6. The van der Waals surface area contributed by atoms with Crippen LogP contribution in [-0.4, -0.2) is 36.5 Å². The molecule has 2 aromatic carbocycles. The highest BCUT2D eigenvalue weighted by molar-refractivity contribution is 5.97. The normalized spacial score (nSPS) is 22.8. The van der Waals surface area contributed by atoms with Crippen LogP contribution < -0.4 is 4.90 Å². The van der Waals surface area contributed by atoms with Gasteiger partial charge in [0.05, 0.1) is 0 Å². The van der Waals surface area contributed by atoms with E-state index in [1.54, 1.807) is 5.56 Å². The molecule has 1 aliphatic carbocycles. The zero-order chi connectivity index (χ0) is 22.8. The standard InChI is InChI=1S/C30H40N2O/c1-22-9-8-10-23(2)29(22)25-17-19-31(20-18-25)21-27-16-15-24-11-6-7-14-28(24)32(27)30(33)26-12-4-3-5-13-26/h6-11,14,25-27H,3-5,12-13,15-21H2,1-2H3. The number of para-hydroxylation sites is 1. The number of fused-ring (bicyclic) bond motifs is 1. The van der Waals surface area contributed by atoms with Crippen LogP contribution in [0, 0.1) is 19.8 Å². The van der Waals surface area contributed by atoms with Crippen molar-refractivity contribution in [1.29, 1.82) is 0 Å². The van der Waals surface area contributed by atoms with Crippen LogP contribution in [0.4, 0.5) is 5.69 Å². The van der Waals surface area contributed by atoms with E-state index in [9.17, 15) is 4.79 Å². The number of likely N-dealkylation sites (tertiary alicyclic amines) is 1. The van der Waals surface area contributed by atoms with Gasteiger partial charge in [-0.1, -0.05) is 55.7 Å². The number of rotatable bonds is 4. The smallest absolute Gasteiger partial charge is 0.230 e. The molecule has 2 fully saturated rings. The topological polar surface area (TPSA) is 23.6 Å². The first-order valence-corrected chi connectivity index (χ1v) is 13.3. The van der Waals surface area contributed by atoms with Gasteiger partial charge < -0.3 is 9.80 Å². The minimum atomic E-state index is 0.224. The third-order valence-electron chi connectivity index (χ3n) is 8.56.